The maximum atomic E-state index is 11.5. The number of carbonyl (C=O) groups is 2. The monoisotopic (exact) mass is 260 g/mol. The number of carbonyl (C=O) groups excluding carboxylic acids is 1. The van der Waals surface area contributed by atoms with Crippen molar-refractivity contribution in [3.05, 3.63) is 0 Å². The van der Waals surface area contributed by atoms with Crippen molar-refractivity contribution in [1.29, 1.82) is 0 Å². The molecule has 0 rings (SSSR count). The average Bonchev–Trinajstić information content (AvgIpc) is 2.33. The van der Waals surface area contributed by atoms with E-state index in [9.17, 15) is 9.59 Å². The third kappa shape index (κ3) is 7.11. The molecule has 2 amide bonds. The Morgan fingerprint density at radius 1 is 1.33 bits per heavy atom. The number of rotatable bonds is 9. The zero-order valence-electron chi connectivity index (χ0n) is 11.4. The van der Waals surface area contributed by atoms with E-state index in [2.05, 4.69) is 10.6 Å². The SMILES string of the molecule is CCCC(CNC(=O)NC(CC)COC)C(=O)O. The highest BCUT2D eigenvalue weighted by atomic mass is 16.5. The van der Waals surface area contributed by atoms with Gasteiger partial charge in [0.25, 0.3) is 0 Å². The molecule has 0 radical (unpaired) electrons. The number of hydrogen-bond donors (Lipinski definition) is 3. The molecule has 0 bridgehead atoms. The van der Waals surface area contributed by atoms with E-state index in [-0.39, 0.29) is 18.6 Å². The van der Waals surface area contributed by atoms with Crippen LogP contribution in [0.5, 0.6) is 0 Å². The normalized spacial score (nSPS) is 13.7. The highest BCUT2D eigenvalue weighted by molar-refractivity contribution is 5.76. The lowest BCUT2D eigenvalue weighted by atomic mass is 10.0. The number of amides is 2. The van der Waals surface area contributed by atoms with E-state index in [0.717, 1.165) is 12.8 Å². The first kappa shape index (κ1) is 16.7. The topological polar surface area (TPSA) is 87.7 Å². The van der Waals surface area contributed by atoms with Crippen LogP contribution in [0, 0.1) is 5.92 Å². The van der Waals surface area contributed by atoms with Crippen molar-refractivity contribution in [3.63, 3.8) is 0 Å². The molecule has 6 nitrogen and oxygen atoms in total. The molecular formula is C12H24N2O4. The third-order valence-corrected chi connectivity index (χ3v) is 2.69. The second-order valence-corrected chi connectivity index (χ2v) is 4.24. The number of carboxylic acid groups (broad SMARTS) is 1. The van der Waals surface area contributed by atoms with Crippen molar-refractivity contribution in [3.8, 4) is 0 Å². The molecule has 0 aromatic heterocycles. The predicted molar refractivity (Wildman–Crippen MR) is 68.5 cm³/mol. The van der Waals surface area contributed by atoms with E-state index >= 15 is 0 Å². The van der Waals surface area contributed by atoms with E-state index in [4.69, 9.17) is 9.84 Å². The van der Waals surface area contributed by atoms with Gasteiger partial charge in [-0.2, -0.15) is 0 Å². The number of urea groups is 1. The molecular weight excluding hydrogens is 236 g/mol. The maximum Gasteiger partial charge on any atom is 0.315 e. The Balaban J connectivity index is 4.03. The minimum atomic E-state index is -0.874. The molecule has 2 unspecified atom stereocenters. The van der Waals surface area contributed by atoms with Gasteiger partial charge in [0.2, 0.25) is 0 Å². The van der Waals surface area contributed by atoms with Gasteiger partial charge in [0.15, 0.2) is 0 Å². The van der Waals surface area contributed by atoms with Gasteiger partial charge in [0, 0.05) is 13.7 Å². The van der Waals surface area contributed by atoms with Gasteiger partial charge in [0.05, 0.1) is 18.6 Å². The standard InChI is InChI=1S/C12H24N2O4/c1-4-6-9(11(15)16)7-13-12(17)14-10(5-2)8-18-3/h9-10H,4-8H2,1-3H3,(H,15,16)(H2,13,14,17). The number of aliphatic carboxylic acids is 1. The van der Waals surface area contributed by atoms with Gasteiger partial charge in [-0.1, -0.05) is 20.3 Å². The molecule has 0 fully saturated rings. The summed E-state index contributed by atoms with van der Waals surface area (Å²) < 4.78 is 4.96. The first-order chi connectivity index (χ1) is 8.54. The minimum absolute atomic E-state index is 0.0514. The summed E-state index contributed by atoms with van der Waals surface area (Å²) in [5.41, 5.74) is 0. The number of carboxylic acids is 1. The van der Waals surface area contributed by atoms with Gasteiger partial charge in [-0.3, -0.25) is 4.79 Å². The molecule has 2 atom stereocenters. The van der Waals surface area contributed by atoms with Crippen LogP contribution < -0.4 is 10.6 Å². The molecule has 0 spiro atoms. The van der Waals surface area contributed by atoms with Crippen molar-refractivity contribution < 1.29 is 19.4 Å². The van der Waals surface area contributed by atoms with Gasteiger partial charge in [-0.05, 0) is 12.8 Å². The van der Waals surface area contributed by atoms with Crippen molar-refractivity contribution >= 4 is 12.0 Å². The molecule has 0 aromatic carbocycles. The van der Waals surface area contributed by atoms with E-state index < -0.39 is 11.9 Å². The van der Waals surface area contributed by atoms with E-state index in [0.29, 0.717) is 13.0 Å². The highest BCUT2D eigenvalue weighted by Gasteiger charge is 2.17. The van der Waals surface area contributed by atoms with Crippen molar-refractivity contribution in [2.75, 3.05) is 20.3 Å². The van der Waals surface area contributed by atoms with Crippen molar-refractivity contribution in [2.24, 2.45) is 5.92 Å². The van der Waals surface area contributed by atoms with Crippen LogP contribution in [0.2, 0.25) is 0 Å². The van der Waals surface area contributed by atoms with Gasteiger partial charge >= 0.3 is 12.0 Å². The summed E-state index contributed by atoms with van der Waals surface area (Å²) in [5.74, 6) is -1.40. The Bertz CT molecular complexity index is 258. The van der Waals surface area contributed by atoms with Crippen molar-refractivity contribution in [2.45, 2.75) is 39.2 Å². The number of nitrogens with one attached hydrogen (secondary N) is 2. The molecule has 0 saturated carbocycles. The first-order valence-electron chi connectivity index (χ1n) is 6.31. The Kier molecular flexibility index (Phi) is 9.00. The Morgan fingerprint density at radius 2 is 2.00 bits per heavy atom. The maximum absolute atomic E-state index is 11.5. The van der Waals surface area contributed by atoms with Gasteiger partial charge in [-0.15, -0.1) is 0 Å². The van der Waals surface area contributed by atoms with E-state index in [1.165, 1.54) is 0 Å². The average molecular weight is 260 g/mol. The largest absolute Gasteiger partial charge is 0.481 e. The summed E-state index contributed by atoms with van der Waals surface area (Å²) in [6.07, 6.45) is 2.10. The van der Waals surface area contributed by atoms with Crippen LogP contribution in [0.25, 0.3) is 0 Å². The zero-order valence-corrected chi connectivity index (χ0v) is 11.4. The zero-order chi connectivity index (χ0) is 14.0. The summed E-state index contributed by atoms with van der Waals surface area (Å²) in [4.78, 5) is 22.4. The fourth-order valence-corrected chi connectivity index (χ4v) is 1.58. The van der Waals surface area contributed by atoms with Gasteiger partial charge in [-0.25, -0.2) is 4.79 Å². The van der Waals surface area contributed by atoms with Crippen LogP contribution in [0.15, 0.2) is 0 Å². The molecule has 0 aromatic rings. The van der Waals surface area contributed by atoms with Crippen LogP contribution in [0.3, 0.4) is 0 Å². The molecule has 0 heterocycles. The molecule has 3 N–H and O–H groups in total. The fraction of sp³-hybridized carbons (Fsp3) is 0.833. The fourth-order valence-electron chi connectivity index (χ4n) is 1.58. The molecule has 0 aliphatic carbocycles. The Labute approximate surface area is 108 Å². The highest BCUT2D eigenvalue weighted by Crippen LogP contribution is 2.04. The van der Waals surface area contributed by atoms with Crippen LogP contribution in [-0.4, -0.2) is 43.4 Å². The Hall–Kier alpha value is -1.30. The van der Waals surface area contributed by atoms with Crippen LogP contribution in [-0.2, 0) is 9.53 Å². The lowest BCUT2D eigenvalue weighted by Gasteiger charge is -2.18. The third-order valence-electron chi connectivity index (χ3n) is 2.69. The summed E-state index contributed by atoms with van der Waals surface area (Å²) in [7, 11) is 1.57. The van der Waals surface area contributed by atoms with Crippen molar-refractivity contribution in [1.82, 2.24) is 10.6 Å². The minimum Gasteiger partial charge on any atom is -0.481 e. The molecule has 18 heavy (non-hydrogen) atoms. The van der Waals surface area contributed by atoms with E-state index in [1.807, 2.05) is 13.8 Å². The molecule has 0 aliphatic rings. The van der Waals surface area contributed by atoms with Crippen LogP contribution >= 0.6 is 0 Å². The summed E-state index contributed by atoms with van der Waals surface area (Å²) in [6, 6.07) is -0.397. The van der Waals surface area contributed by atoms with Gasteiger partial charge in [0.1, 0.15) is 0 Å². The smallest absolute Gasteiger partial charge is 0.315 e. The quantitative estimate of drug-likeness (QED) is 0.581. The van der Waals surface area contributed by atoms with Crippen LogP contribution in [0.1, 0.15) is 33.1 Å². The van der Waals surface area contributed by atoms with Gasteiger partial charge < -0.3 is 20.5 Å². The summed E-state index contributed by atoms with van der Waals surface area (Å²) in [5, 5.41) is 14.3. The lowest BCUT2D eigenvalue weighted by Crippen LogP contribution is -2.45. The van der Waals surface area contributed by atoms with E-state index in [1.54, 1.807) is 7.11 Å². The summed E-state index contributed by atoms with van der Waals surface area (Å²) >= 11 is 0. The van der Waals surface area contributed by atoms with Crippen LogP contribution in [0.4, 0.5) is 4.79 Å². The lowest BCUT2D eigenvalue weighted by molar-refractivity contribution is -0.141. The number of methoxy groups -OCH3 is 1. The predicted octanol–water partition coefficient (Wildman–Crippen LogP) is 1.21. The molecule has 106 valence electrons. The Morgan fingerprint density at radius 3 is 2.44 bits per heavy atom. The second-order valence-electron chi connectivity index (χ2n) is 4.24. The summed E-state index contributed by atoms with van der Waals surface area (Å²) in [6.45, 7) is 4.46. The number of ether oxygens (including phenoxy) is 1. The molecule has 0 saturated heterocycles. The second kappa shape index (κ2) is 9.70. The molecule has 6 heteroatoms. The first-order valence-corrected chi connectivity index (χ1v) is 6.31. The molecule has 0 aliphatic heterocycles. The number of hydrogen-bond acceptors (Lipinski definition) is 3.